The molecule has 0 unspecified atom stereocenters. The first-order valence-electron chi connectivity index (χ1n) is 9.55. The van der Waals surface area contributed by atoms with Crippen LogP contribution in [-0.2, 0) is 10.0 Å². The second kappa shape index (κ2) is 9.53. The summed E-state index contributed by atoms with van der Waals surface area (Å²) in [5, 5.41) is 2.91. The van der Waals surface area contributed by atoms with Crippen LogP contribution in [0.3, 0.4) is 0 Å². The fourth-order valence-electron chi connectivity index (χ4n) is 3.02. The zero-order chi connectivity index (χ0) is 22.4. The van der Waals surface area contributed by atoms with E-state index in [0.717, 1.165) is 5.56 Å². The molecule has 3 aromatic rings. The summed E-state index contributed by atoms with van der Waals surface area (Å²) in [5.74, 6) is 0.838. The highest BCUT2D eigenvalue weighted by molar-refractivity contribution is 7.92. The molecule has 0 aliphatic rings. The highest BCUT2D eigenvalue weighted by Crippen LogP contribution is 2.30. The van der Waals surface area contributed by atoms with Crippen LogP contribution in [0, 0.1) is 0 Å². The molecule has 3 rings (SSSR count). The van der Waals surface area contributed by atoms with E-state index >= 15 is 0 Å². The Morgan fingerprint density at radius 3 is 2.26 bits per heavy atom. The van der Waals surface area contributed by atoms with Crippen LogP contribution in [0.5, 0.6) is 11.5 Å². The first kappa shape index (κ1) is 22.2. The smallest absolute Gasteiger partial charge is 0.261 e. The van der Waals surface area contributed by atoms with E-state index < -0.39 is 10.0 Å². The molecule has 2 N–H and O–H groups in total. The number of carbonyl (C=O) groups is 1. The molecule has 0 fully saturated rings. The van der Waals surface area contributed by atoms with Crippen LogP contribution in [0.25, 0.3) is 0 Å². The van der Waals surface area contributed by atoms with Gasteiger partial charge in [-0.05, 0) is 55.0 Å². The van der Waals surface area contributed by atoms with E-state index in [2.05, 4.69) is 10.0 Å². The highest BCUT2D eigenvalue weighted by Gasteiger charge is 2.17. The van der Waals surface area contributed by atoms with Gasteiger partial charge >= 0.3 is 0 Å². The first-order valence-corrected chi connectivity index (χ1v) is 11.0. The lowest BCUT2D eigenvalue weighted by Crippen LogP contribution is -2.26. The summed E-state index contributed by atoms with van der Waals surface area (Å²) in [7, 11) is -0.638. The molecule has 8 heteroatoms. The van der Waals surface area contributed by atoms with Crippen molar-refractivity contribution in [2.24, 2.45) is 0 Å². The molecule has 0 heterocycles. The number of methoxy groups -OCH3 is 2. The van der Waals surface area contributed by atoms with Gasteiger partial charge in [0.15, 0.2) is 11.5 Å². The zero-order valence-corrected chi connectivity index (χ0v) is 18.3. The Balaban J connectivity index is 1.74. The van der Waals surface area contributed by atoms with Crippen molar-refractivity contribution in [1.82, 2.24) is 5.32 Å². The van der Waals surface area contributed by atoms with Crippen molar-refractivity contribution in [2.75, 3.05) is 18.9 Å². The third kappa shape index (κ3) is 5.35. The predicted molar refractivity (Wildman–Crippen MR) is 119 cm³/mol. The van der Waals surface area contributed by atoms with E-state index in [9.17, 15) is 13.2 Å². The molecule has 162 valence electrons. The van der Waals surface area contributed by atoms with Crippen LogP contribution in [0.2, 0.25) is 0 Å². The fourth-order valence-corrected chi connectivity index (χ4v) is 4.09. The van der Waals surface area contributed by atoms with Gasteiger partial charge in [-0.15, -0.1) is 0 Å². The van der Waals surface area contributed by atoms with Gasteiger partial charge in [0, 0.05) is 11.3 Å². The summed E-state index contributed by atoms with van der Waals surface area (Å²) in [4.78, 5) is 12.9. The lowest BCUT2D eigenvalue weighted by Gasteiger charge is -2.17. The number of anilines is 1. The number of benzene rings is 3. The van der Waals surface area contributed by atoms with Gasteiger partial charge in [-0.3, -0.25) is 9.52 Å². The molecule has 0 aromatic heterocycles. The minimum absolute atomic E-state index is 0.145. The molecule has 3 aromatic carbocycles. The molecule has 0 bridgehead atoms. The minimum Gasteiger partial charge on any atom is -0.493 e. The van der Waals surface area contributed by atoms with Crippen molar-refractivity contribution in [2.45, 2.75) is 17.9 Å². The third-order valence-corrected chi connectivity index (χ3v) is 6.08. The van der Waals surface area contributed by atoms with Crippen LogP contribution in [0.4, 0.5) is 5.69 Å². The lowest BCUT2D eigenvalue weighted by molar-refractivity contribution is 0.0940. The number of hydrogen-bond acceptors (Lipinski definition) is 5. The normalized spacial score (nSPS) is 12.0. The van der Waals surface area contributed by atoms with Gasteiger partial charge in [-0.1, -0.05) is 30.3 Å². The quantitative estimate of drug-likeness (QED) is 0.552. The number of rotatable bonds is 8. The van der Waals surface area contributed by atoms with Gasteiger partial charge in [0.1, 0.15) is 0 Å². The van der Waals surface area contributed by atoms with Crippen LogP contribution in [0.1, 0.15) is 28.9 Å². The second-order valence-corrected chi connectivity index (χ2v) is 8.49. The van der Waals surface area contributed by atoms with Gasteiger partial charge in [-0.2, -0.15) is 0 Å². The van der Waals surface area contributed by atoms with Crippen molar-refractivity contribution in [3.05, 3.63) is 83.9 Å². The van der Waals surface area contributed by atoms with E-state index in [1.54, 1.807) is 62.8 Å². The van der Waals surface area contributed by atoms with Crippen LogP contribution in [-0.4, -0.2) is 28.5 Å². The van der Waals surface area contributed by atoms with Gasteiger partial charge in [0.2, 0.25) is 0 Å². The van der Waals surface area contributed by atoms with Crippen molar-refractivity contribution >= 4 is 21.6 Å². The summed E-state index contributed by atoms with van der Waals surface area (Å²) in [6.07, 6.45) is 0. The van der Waals surface area contributed by atoms with Gasteiger partial charge < -0.3 is 14.8 Å². The Labute approximate surface area is 182 Å². The maximum Gasteiger partial charge on any atom is 0.261 e. The van der Waals surface area contributed by atoms with E-state index in [4.69, 9.17) is 9.47 Å². The van der Waals surface area contributed by atoms with Crippen molar-refractivity contribution in [3.8, 4) is 11.5 Å². The number of nitrogens with one attached hydrogen (secondary N) is 2. The first-order chi connectivity index (χ1) is 14.8. The van der Waals surface area contributed by atoms with E-state index in [1.807, 2.05) is 13.0 Å². The number of carbonyl (C=O) groups excluding carboxylic acids is 1. The number of amides is 1. The fraction of sp³-hybridized carbons (Fsp3) is 0.174. The molecule has 0 saturated carbocycles. The molecular weight excluding hydrogens is 416 g/mol. The number of ether oxygens (including phenoxy) is 2. The molecule has 1 atom stereocenters. The maximum atomic E-state index is 12.7. The highest BCUT2D eigenvalue weighted by atomic mass is 32.2. The Morgan fingerprint density at radius 2 is 1.58 bits per heavy atom. The van der Waals surface area contributed by atoms with Gasteiger partial charge in [0.05, 0.1) is 25.2 Å². The van der Waals surface area contributed by atoms with E-state index in [1.165, 1.54) is 18.2 Å². The third-order valence-electron chi connectivity index (χ3n) is 4.69. The predicted octanol–water partition coefficient (Wildman–Crippen LogP) is 4.00. The van der Waals surface area contributed by atoms with E-state index in [0.29, 0.717) is 22.7 Å². The summed E-state index contributed by atoms with van der Waals surface area (Å²) in [6, 6.07) is 19.5. The summed E-state index contributed by atoms with van der Waals surface area (Å²) >= 11 is 0. The SMILES string of the molecule is COc1ccc([C@@H](C)NC(=O)c2cccc(NS(=O)(=O)c3ccccc3)c2)cc1OC. The molecule has 0 saturated heterocycles. The largest absolute Gasteiger partial charge is 0.493 e. The Bertz CT molecular complexity index is 1160. The average Bonchev–Trinajstić information content (AvgIpc) is 2.79. The Kier molecular flexibility index (Phi) is 6.81. The molecule has 0 spiro atoms. The van der Waals surface area contributed by atoms with Crippen LogP contribution >= 0.6 is 0 Å². The topological polar surface area (TPSA) is 93.7 Å². The zero-order valence-electron chi connectivity index (χ0n) is 17.5. The molecule has 31 heavy (non-hydrogen) atoms. The average molecular weight is 441 g/mol. The van der Waals surface area contributed by atoms with Crippen molar-refractivity contribution in [1.29, 1.82) is 0 Å². The van der Waals surface area contributed by atoms with Crippen LogP contribution < -0.4 is 19.5 Å². The van der Waals surface area contributed by atoms with Crippen molar-refractivity contribution in [3.63, 3.8) is 0 Å². The van der Waals surface area contributed by atoms with E-state index in [-0.39, 0.29) is 16.8 Å². The Hall–Kier alpha value is -3.52. The second-order valence-electron chi connectivity index (χ2n) is 6.81. The Morgan fingerprint density at radius 1 is 0.871 bits per heavy atom. The van der Waals surface area contributed by atoms with Gasteiger partial charge in [-0.25, -0.2) is 8.42 Å². The number of sulfonamides is 1. The van der Waals surface area contributed by atoms with Gasteiger partial charge in [0.25, 0.3) is 15.9 Å². The maximum absolute atomic E-state index is 12.7. The summed E-state index contributed by atoms with van der Waals surface area (Å²) in [5.41, 5.74) is 1.47. The lowest BCUT2D eigenvalue weighted by atomic mass is 10.1. The monoisotopic (exact) mass is 440 g/mol. The minimum atomic E-state index is -3.74. The van der Waals surface area contributed by atoms with Crippen molar-refractivity contribution < 1.29 is 22.7 Å². The molecule has 0 aliphatic carbocycles. The standard InChI is InChI=1S/C23H24N2O5S/c1-16(17-12-13-21(29-2)22(15-17)30-3)24-23(26)18-8-7-9-19(14-18)25-31(27,28)20-10-5-4-6-11-20/h4-16,25H,1-3H3,(H,24,26)/t16-/m1/s1. The molecule has 7 nitrogen and oxygen atoms in total. The molecular formula is C23H24N2O5S. The summed E-state index contributed by atoms with van der Waals surface area (Å²) < 4.78 is 38.1. The van der Waals surface area contributed by atoms with Crippen LogP contribution in [0.15, 0.2) is 77.7 Å². The molecule has 1 amide bonds. The molecule has 0 radical (unpaired) electrons. The molecule has 0 aliphatic heterocycles. The summed E-state index contributed by atoms with van der Waals surface area (Å²) in [6.45, 7) is 1.85. The number of hydrogen-bond donors (Lipinski definition) is 2.